The molecule has 236 valence electrons. The van der Waals surface area contributed by atoms with Gasteiger partial charge in [0.05, 0.1) is 0 Å². The molecule has 0 radical (unpaired) electrons. The zero-order valence-electron chi connectivity index (χ0n) is 28.0. The Balaban J connectivity index is 1.26. The Morgan fingerprint density at radius 2 is 0.673 bits per heavy atom. The molecule has 1 heteroatoms. The van der Waals surface area contributed by atoms with Crippen LogP contribution in [-0.4, -0.2) is 0 Å². The molecule has 0 amide bonds. The van der Waals surface area contributed by atoms with Gasteiger partial charge in [0.15, 0.2) is 0 Å². The predicted octanol–water partition coefficient (Wildman–Crippen LogP) is 13.0. The van der Waals surface area contributed by atoms with Gasteiger partial charge in [0.1, 0.15) is 0 Å². The van der Waals surface area contributed by atoms with Gasteiger partial charge in [-0.15, -0.1) is 0 Å². The van der Waals surface area contributed by atoms with E-state index in [1.165, 1.54) is 44.5 Å². The Labute approximate surface area is 290 Å². The van der Waals surface area contributed by atoms with Gasteiger partial charge in [-0.25, -0.2) is 0 Å². The zero-order chi connectivity index (χ0) is 33.4. The molecule has 0 aliphatic rings. The van der Waals surface area contributed by atoms with Crippen LogP contribution in [0, 0.1) is 13.8 Å². The summed E-state index contributed by atoms with van der Waals surface area (Å²) in [5.41, 5.74) is 15.4. The molecule has 0 saturated heterocycles. The molecule has 0 aromatic heterocycles. The molecule has 0 unspecified atom stereocenters. The number of aryl methyl sites for hydroxylation is 2. The molecule has 0 heterocycles. The quantitative estimate of drug-likeness (QED) is 0.144. The summed E-state index contributed by atoms with van der Waals surface area (Å²) >= 11 is 0. The molecule has 0 aliphatic heterocycles. The van der Waals surface area contributed by atoms with Crippen LogP contribution in [0.4, 0.5) is 17.1 Å². The highest BCUT2D eigenvalue weighted by Gasteiger charge is 2.14. The van der Waals surface area contributed by atoms with Gasteiger partial charge in [-0.1, -0.05) is 152 Å². The van der Waals surface area contributed by atoms with Crippen molar-refractivity contribution in [3.05, 3.63) is 233 Å². The van der Waals surface area contributed by atoms with Gasteiger partial charge in [0.25, 0.3) is 0 Å². The largest absolute Gasteiger partial charge is 0.310 e. The maximum Gasteiger partial charge on any atom is 0.0464 e. The lowest BCUT2D eigenvalue weighted by molar-refractivity contribution is 1.25. The van der Waals surface area contributed by atoms with Crippen LogP contribution in [-0.2, 0) is 0 Å². The first-order valence-electron chi connectivity index (χ1n) is 16.8. The highest BCUT2D eigenvalue weighted by atomic mass is 15.1. The molecule has 7 aromatic rings. The van der Waals surface area contributed by atoms with Crippen molar-refractivity contribution in [1.29, 1.82) is 0 Å². The van der Waals surface area contributed by atoms with Gasteiger partial charge in [-0.05, 0) is 118 Å². The first-order valence-corrected chi connectivity index (χ1v) is 16.8. The summed E-state index contributed by atoms with van der Waals surface area (Å²) in [6.07, 6.45) is 4.57. The standard InChI is InChI=1S/C48H39N/c1-36-23-28-46(33-37(36)2)49(44-29-24-38(25-30-44)34-47(40-15-7-3-8-16-40)41-17-9-4-10-18-41)45-31-26-39(27-32-45)35-48(42-19-11-5-12-20-42)43-21-13-6-14-22-43/h3-35H,1-2H3. The summed E-state index contributed by atoms with van der Waals surface area (Å²) in [4.78, 5) is 2.35. The minimum absolute atomic E-state index is 1.11. The minimum Gasteiger partial charge on any atom is -0.310 e. The molecule has 0 fully saturated rings. The van der Waals surface area contributed by atoms with E-state index in [2.05, 4.69) is 219 Å². The lowest BCUT2D eigenvalue weighted by atomic mass is 9.95. The molecule has 0 atom stereocenters. The van der Waals surface area contributed by atoms with Crippen molar-refractivity contribution in [3.8, 4) is 0 Å². The third kappa shape index (κ3) is 7.38. The van der Waals surface area contributed by atoms with Crippen molar-refractivity contribution < 1.29 is 0 Å². The molecule has 7 aromatic carbocycles. The third-order valence-corrected chi connectivity index (χ3v) is 9.01. The maximum atomic E-state index is 2.35. The fourth-order valence-corrected chi connectivity index (χ4v) is 6.22. The fraction of sp³-hybridized carbons (Fsp3) is 0.0417. The summed E-state index contributed by atoms with van der Waals surface area (Å²) in [5.74, 6) is 0. The van der Waals surface area contributed by atoms with Gasteiger partial charge in [0.2, 0.25) is 0 Å². The van der Waals surface area contributed by atoms with Crippen LogP contribution in [0.15, 0.2) is 188 Å². The van der Waals surface area contributed by atoms with E-state index in [1.807, 2.05) is 0 Å². The van der Waals surface area contributed by atoms with Crippen LogP contribution in [0.1, 0.15) is 44.5 Å². The summed E-state index contributed by atoms with van der Waals surface area (Å²) in [6, 6.07) is 67.0. The van der Waals surface area contributed by atoms with Crippen molar-refractivity contribution in [2.45, 2.75) is 13.8 Å². The van der Waals surface area contributed by atoms with E-state index < -0.39 is 0 Å². The van der Waals surface area contributed by atoms with Crippen LogP contribution >= 0.6 is 0 Å². The van der Waals surface area contributed by atoms with Crippen LogP contribution in [0.25, 0.3) is 23.3 Å². The summed E-state index contributed by atoms with van der Waals surface area (Å²) in [7, 11) is 0. The normalized spacial score (nSPS) is 10.7. The lowest BCUT2D eigenvalue weighted by Crippen LogP contribution is -2.10. The molecule has 0 saturated carbocycles. The monoisotopic (exact) mass is 629 g/mol. The first-order chi connectivity index (χ1) is 24.1. The number of anilines is 3. The van der Waals surface area contributed by atoms with Gasteiger partial charge in [-0.3, -0.25) is 0 Å². The fourth-order valence-electron chi connectivity index (χ4n) is 6.22. The molecule has 0 aliphatic carbocycles. The van der Waals surface area contributed by atoms with Crippen LogP contribution in [0.3, 0.4) is 0 Å². The number of rotatable bonds is 9. The smallest absolute Gasteiger partial charge is 0.0464 e. The van der Waals surface area contributed by atoms with Crippen molar-refractivity contribution in [1.82, 2.24) is 0 Å². The summed E-state index contributed by atoms with van der Waals surface area (Å²) < 4.78 is 0. The second-order valence-electron chi connectivity index (χ2n) is 12.4. The predicted molar refractivity (Wildman–Crippen MR) is 210 cm³/mol. The van der Waals surface area contributed by atoms with Crippen LogP contribution in [0.5, 0.6) is 0 Å². The molecule has 1 nitrogen and oxygen atoms in total. The Morgan fingerprint density at radius 1 is 0.347 bits per heavy atom. The van der Waals surface area contributed by atoms with Gasteiger partial charge in [0, 0.05) is 17.1 Å². The van der Waals surface area contributed by atoms with Gasteiger partial charge >= 0.3 is 0 Å². The van der Waals surface area contributed by atoms with E-state index in [9.17, 15) is 0 Å². The van der Waals surface area contributed by atoms with E-state index in [0.717, 1.165) is 28.2 Å². The van der Waals surface area contributed by atoms with E-state index in [0.29, 0.717) is 0 Å². The molecule has 0 spiro atoms. The first kappa shape index (κ1) is 31.4. The average molecular weight is 630 g/mol. The second kappa shape index (κ2) is 14.7. The second-order valence-corrected chi connectivity index (χ2v) is 12.4. The van der Waals surface area contributed by atoms with Crippen molar-refractivity contribution >= 4 is 40.4 Å². The SMILES string of the molecule is Cc1ccc(N(c2ccc(C=C(c3ccccc3)c3ccccc3)cc2)c2ccc(C=C(c3ccccc3)c3ccccc3)cc2)cc1C. The Kier molecular flexibility index (Phi) is 9.43. The minimum atomic E-state index is 1.11. The number of hydrogen-bond acceptors (Lipinski definition) is 1. The third-order valence-electron chi connectivity index (χ3n) is 9.01. The lowest BCUT2D eigenvalue weighted by Gasteiger charge is -2.26. The molecule has 7 rings (SSSR count). The molecule has 0 bridgehead atoms. The number of hydrogen-bond donors (Lipinski definition) is 0. The number of nitrogens with zero attached hydrogens (tertiary/aromatic N) is 1. The molecule has 49 heavy (non-hydrogen) atoms. The topological polar surface area (TPSA) is 3.24 Å². The molecule has 0 N–H and O–H groups in total. The number of benzene rings is 7. The van der Waals surface area contributed by atoms with Gasteiger partial charge in [-0.2, -0.15) is 0 Å². The van der Waals surface area contributed by atoms with Crippen LogP contribution < -0.4 is 4.90 Å². The summed E-state index contributed by atoms with van der Waals surface area (Å²) in [5, 5.41) is 0. The maximum absolute atomic E-state index is 2.35. The molecular formula is C48H39N. The zero-order valence-corrected chi connectivity index (χ0v) is 28.0. The van der Waals surface area contributed by atoms with Crippen molar-refractivity contribution in [2.24, 2.45) is 0 Å². The highest BCUT2D eigenvalue weighted by molar-refractivity contribution is 5.93. The van der Waals surface area contributed by atoms with E-state index in [1.54, 1.807) is 0 Å². The van der Waals surface area contributed by atoms with Crippen LogP contribution in [0.2, 0.25) is 0 Å². The Hall–Kier alpha value is -6.18. The van der Waals surface area contributed by atoms with E-state index in [-0.39, 0.29) is 0 Å². The Bertz CT molecular complexity index is 1960. The molecular weight excluding hydrogens is 591 g/mol. The highest BCUT2D eigenvalue weighted by Crippen LogP contribution is 2.37. The summed E-state index contributed by atoms with van der Waals surface area (Å²) in [6.45, 7) is 4.35. The van der Waals surface area contributed by atoms with E-state index >= 15 is 0 Å². The van der Waals surface area contributed by atoms with Crippen molar-refractivity contribution in [3.63, 3.8) is 0 Å². The van der Waals surface area contributed by atoms with Crippen molar-refractivity contribution in [2.75, 3.05) is 4.90 Å². The van der Waals surface area contributed by atoms with E-state index in [4.69, 9.17) is 0 Å². The Morgan fingerprint density at radius 3 is 1.00 bits per heavy atom. The average Bonchev–Trinajstić information content (AvgIpc) is 3.17. The van der Waals surface area contributed by atoms with Gasteiger partial charge < -0.3 is 4.90 Å².